The van der Waals surface area contributed by atoms with E-state index in [0.717, 1.165) is 45.3 Å². The highest BCUT2D eigenvalue weighted by Crippen LogP contribution is 2.45. The van der Waals surface area contributed by atoms with Gasteiger partial charge in [-0.25, -0.2) is 0 Å². The van der Waals surface area contributed by atoms with Crippen molar-refractivity contribution in [3.05, 3.63) is 65.7 Å². The van der Waals surface area contributed by atoms with Crippen LogP contribution in [0.4, 0.5) is 0 Å². The number of amides is 1. The summed E-state index contributed by atoms with van der Waals surface area (Å²) < 4.78 is 3.26. The number of aryl methyl sites for hydroxylation is 2. The molecule has 2 aromatic rings. The minimum atomic E-state index is -0.579. The van der Waals surface area contributed by atoms with E-state index in [0.29, 0.717) is 25.3 Å². The van der Waals surface area contributed by atoms with E-state index < -0.39 is 5.91 Å². The van der Waals surface area contributed by atoms with E-state index in [2.05, 4.69) is 49.7 Å². The minimum absolute atomic E-state index is 0.167. The Morgan fingerprint density at radius 3 is 2.48 bits per heavy atom. The number of carbonyl (C=O) groups is 2. The van der Waals surface area contributed by atoms with Gasteiger partial charge in [-0.15, -0.1) is 0 Å². The zero-order valence-electron chi connectivity index (χ0n) is 16.8. The summed E-state index contributed by atoms with van der Waals surface area (Å²) in [6.07, 6.45) is 5.92. The Kier molecular flexibility index (Phi) is 8.36. The van der Waals surface area contributed by atoms with E-state index in [-0.39, 0.29) is 12.3 Å². The van der Waals surface area contributed by atoms with Crippen LogP contribution in [0.25, 0.3) is 0 Å². The SMILES string of the molecule is NC(=O)CC=O.O=[N+]1CCC([C@H]2c3ncc(Br)cc3CCc3cc(Cl)cc(Br)c32)CC1. The number of piperidine rings is 1. The van der Waals surface area contributed by atoms with Gasteiger partial charge >= 0.3 is 0 Å². The van der Waals surface area contributed by atoms with E-state index in [4.69, 9.17) is 16.6 Å². The fourth-order valence-corrected chi connectivity index (χ4v) is 5.82. The first-order valence-electron chi connectivity index (χ1n) is 10.1. The van der Waals surface area contributed by atoms with Gasteiger partial charge in [0.05, 0.1) is 12.1 Å². The molecule has 1 aliphatic heterocycles. The van der Waals surface area contributed by atoms with Crippen molar-refractivity contribution in [1.29, 1.82) is 0 Å². The number of nitroso groups, excluding NO2 is 1. The van der Waals surface area contributed by atoms with Crippen molar-refractivity contribution in [3.8, 4) is 0 Å². The summed E-state index contributed by atoms with van der Waals surface area (Å²) in [4.78, 5) is 35.4. The molecule has 2 N–H and O–H groups in total. The Morgan fingerprint density at radius 1 is 1.19 bits per heavy atom. The molecule has 2 aliphatic rings. The van der Waals surface area contributed by atoms with Crippen LogP contribution in [0.5, 0.6) is 0 Å². The van der Waals surface area contributed by atoms with E-state index in [1.165, 1.54) is 21.5 Å². The van der Waals surface area contributed by atoms with Crippen LogP contribution in [0.2, 0.25) is 5.02 Å². The number of aldehydes is 1. The van der Waals surface area contributed by atoms with Crippen molar-refractivity contribution in [2.24, 2.45) is 11.7 Å². The average molecular weight is 573 g/mol. The van der Waals surface area contributed by atoms with Crippen molar-refractivity contribution >= 4 is 55.7 Å². The quantitative estimate of drug-likeness (QED) is 0.327. The van der Waals surface area contributed by atoms with Gasteiger partial charge < -0.3 is 10.5 Å². The molecule has 1 atom stereocenters. The lowest BCUT2D eigenvalue weighted by Crippen LogP contribution is -2.29. The number of aromatic nitrogens is 1. The minimum Gasteiger partial charge on any atom is -0.369 e. The third-order valence-electron chi connectivity index (χ3n) is 5.67. The monoisotopic (exact) mass is 570 g/mol. The third kappa shape index (κ3) is 5.99. The number of fused-ring (bicyclic) bond motifs is 2. The molecule has 1 saturated heterocycles. The predicted molar refractivity (Wildman–Crippen MR) is 126 cm³/mol. The van der Waals surface area contributed by atoms with Crippen molar-refractivity contribution < 1.29 is 14.3 Å². The second-order valence-corrected chi connectivity index (χ2v) is 9.95. The maximum Gasteiger partial charge on any atom is 0.224 e. The zero-order chi connectivity index (χ0) is 22.5. The summed E-state index contributed by atoms with van der Waals surface area (Å²) >= 11 is 13.6. The number of carbonyl (C=O) groups excluding carboxylic acids is 2. The van der Waals surface area contributed by atoms with Crippen molar-refractivity contribution in [3.63, 3.8) is 0 Å². The predicted octanol–water partition coefficient (Wildman–Crippen LogP) is 4.74. The molecule has 1 aliphatic carbocycles. The molecule has 6 nitrogen and oxygen atoms in total. The molecule has 31 heavy (non-hydrogen) atoms. The molecule has 0 radical (unpaired) electrons. The van der Waals surface area contributed by atoms with Gasteiger partial charge in [0.25, 0.3) is 0 Å². The zero-order valence-corrected chi connectivity index (χ0v) is 20.7. The summed E-state index contributed by atoms with van der Waals surface area (Å²) in [5.74, 6) is 0.0536. The number of rotatable bonds is 3. The molecule has 2 heterocycles. The van der Waals surface area contributed by atoms with Gasteiger partial charge in [-0.2, -0.15) is 0 Å². The van der Waals surface area contributed by atoms with Crippen molar-refractivity contribution in [2.75, 3.05) is 13.1 Å². The third-order valence-corrected chi connectivity index (χ3v) is 6.98. The highest BCUT2D eigenvalue weighted by molar-refractivity contribution is 9.10. The molecule has 1 aromatic heterocycles. The van der Waals surface area contributed by atoms with Crippen LogP contribution in [-0.2, 0) is 22.4 Å². The lowest BCUT2D eigenvalue weighted by atomic mass is 9.77. The number of hydrogen-bond acceptors (Lipinski definition) is 4. The summed E-state index contributed by atoms with van der Waals surface area (Å²) in [5.41, 5.74) is 9.59. The van der Waals surface area contributed by atoms with E-state index in [1.54, 1.807) is 0 Å². The first-order valence-corrected chi connectivity index (χ1v) is 12.0. The fourth-order valence-electron chi connectivity index (χ4n) is 4.32. The summed E-state index contributed by atoms with van der Waals surface area (Å²) in [6.45, 7) is 1.21. The summed E-state index contributed by atoms with van der Waals surface area (Å²) in [7, 11) is 0. The first-order chi connectivity index (χ1) is 14.8. The molecule has 0 bridgehead atoms. The Bertz CT molecular complexity index is 1010. The Balaban J connectivity index is 0.000000401. The van der Waals surface area contributed by atoms with Crippen LogP contribution in [0, 0.1) is 10.8 Å². The Morgan fingerprint density at radius 2 is 1.87 bits per heavy atom. The highest BCUT2D eigenvalue weighted by atomic mass is 79.9. The number of nitrogens with two attached hydrogens (primary N) is 1. The second kappa shape index (κ2) is 10.8. The molecule has 1 aromatic carbocycles. The molecule has 1 fully saturated rings. The van der Waals surface area contributed by atoms with Crippen molar-refractivity contribution in [1.82, 2.24) is 4.98 Å². The maximum atomic E-state index is 11.7. The van der Waals surface area contributed by atoms with Gasteiger partial charge in [-0.05, 0) is 74.3 Å². The van der Waals surface area contributed by atoms with Gasteiger partial charge in [0, 0.05) is 43.8 Å². The molecule has 164 valence electrons. The van der Waals surface area contributed by atoms with Gasteiger partial charge in [0.1, 0.15) is 6.29 Å². The molecule has 9 heteroatoms. The van der Waals surface area contributed by atoms with E-state index in [1.807, 2.05) is 12.3 Å². The van der Waals surface area contributed by atoms with Gasteiger partial charge in [0.15, 0.2) is 13.1 Å². The van der Waals surface area contributed by atoms with Crippen LogP contribution < -0.4 is 5.73 Å². The highest BCUT2D eigenvalue weighted by Gasteiger charge is 2.37. The number of pyridine rings is 1. The summed E-state index contributed by atoms with van der Waals surface area (Å²) in [5, 5.41) is 0.763. The smallest absolute Gasteiger partial charge is 0.224 e. The number of nitrogens with zero attached hydrogens (tertiary/aromatic N) is 2. The van der Waals surface area contributed by atoms with Crippen LogP contribution in [0.1, 0.15) is 47.6 Å². The van der Waals surface area contributed by atoms with Crippen LogP contribution >= 0.6 is 43.5 Å². The molecule has 4 rings (SSSR count). The van der Waals surface area contributed by atoms with Crippen LogP contribution in [0.15, 0.2) is 33.3 Å². The Labute approximate surface area is 202 Å². The van der Waals surface area contributed by atoms with E-state index in [9.17, 15) is 14.5 Å². The molecule has 0 spiro atoms. The van der Waals surface area contributed by atoms with Crippen molar-refractivity contribution in [2.45, 2.75) is 38.0 Å². The van der Waals surface area contributed by atoms with Crippen LogP contribution in [-0.4, -0.2) is 35.0 Å². The average Bonchev–Trinajstić information content (AvgIpc) is 2.86. The van der Waals surface area contributed by atoms with E-state index >= 15 is 0 Å². The maximum absolute atomic E-state index is 11.7. The van der Waals surface area contributed by atoms with Gasteiger partial charge in [-0.1, -0.05) is 27.5 Å². The molecule has 1 amide bonds. The number of benzene rings is 1. The number of primary amides is 1. The van der Waals surface area contributed by atoms with Crippen LogP contribution in [0.3, 0.4) is 0 Å². The number of halogens is 3. The largest absolute Gasteiger partial charge is 0.369 e. The van der Waals surface area contributed by atoms with Gasteiger partial charge in [0.2, 0.25) is 5.91 Å². The number of hydrogen-bond donors (Lipinski definition) is 1. The second-order valence-electron chi connectivity index (χ2n) is 7.74. The lowest BCUT2D eigenvalue weighted by molar-refractivity contribution is -0.561. The Hall–Kier alpha value is -1.64. The topological polar surface area (TPSA) is 93.1 Å². The lowest BCUT2D eigenvalue weighted by Gasteiger charge is -2.29. The normalized spacial score (nSPS) is 18.2. The molecule has 0 saturated carbocycles. The molecular formula is C22H23Br2ClN3O3+. The molecular weight excluding hydrogens is 550 g/mol. The molecule has 0 unspecified atom stereocenters. The fraction of sp³-hybridized carbons (Fsp3) is 0.409. The first kappa shape index (κ1) is 24.0. The summed E-state index contributed by atoms with van der Waals surface area (Å²) in [6, 6.07) is 6.28. The standard InChI is InChI=1S/C19H18Br2ClN2O.C3H5NO2/c20-14-7-13-2-1-12-8-15(22)9-16(21)17(12)18(19(13)23-10-14)11-3-5-24(25)6-4-11;4-3(6)1-2-5/h7-11,18H,1-6H2;2H,1H2,(H2,4,6)/q+1;/t18-;/m1./s1. The van der Waals surface area contributed by atoms with Gasteiger partial charge in [-0.3, -0.25) is 9.78 Å².